The number of carboxylic acid groups (broad SMARTS) is 1. The molecule has 7 heteroatoms. The van der Waals surface area contributed by atoms with Crippen molar-refractivity contribution in [2.24, 2.45) is 0 Å². The molecule has 0 unspecified atom stereocenters. The summed E-state index contributed by atoms with van der Waals surface area (Å²) in [5, 5.41) is 12.5. The van der Waals surface area contributed by atoms with Gasteiger partial charge in [0.15, 0.2) is 12.2 Å². The molecule has 0 aromatic heterocycles. The fourth-order valence-electron chi connectivity index (χ4n) is 2.53. The van der Waals surface area contributed by atoms with Crippen LogP contribution in [0.3, 0.4) is 0 Å². The molecule has 2 rings (SSSR count). The van der Waals surface area contributed by atoms with Gasteiger partial charge in [0.25, 0.3) is 5.91 Å². The van der Waals surface area contributed by atoms with Crippen molar-refractivity contribution < 1.29 is 24.2 Å². The maximum absolute atomic E-state index is 12.1. The van der Waals surface area contributed by atoms with E-state index in [0.29, 0.717) is 23.1 Å². The number of hydrogen-bond donors (Lipinski definition) is 2. The van der Waals surface area contributed by atoms with Crippen LogP contribution in [-0.2, 0) is 16.1 Å². The molecule has 2 N–H and O–H groups in total. The molecule has 0 saturated carbocycles. The summed E-state index contributed by atoms with van der Waals surface area (Å²) < 4.78 is 11.1. The average molecular weight is 406 g/mol. The minimum Gasteiger partial charge on any atom is -0.483 e. The number of nitrogens with one attached hydrogen (secondary N) is 1. The lowest BCUT2D eigenvalue weighted by atomic mass is 10.1. The SMILES string of the molecule is Cc1cc(Cl)cc(C)c1OCC(=O)NCc1ccc(OC(C)(C)C(=O)O)cc1. The van der Waals surface area contributed by atoms with Crippen molar-refractivity contribution in [2.45, 2.75) is 39.8 Å². The molecule has 150 valence electrons. The van der Waals surface area contributed by atoms with Gasteiger partial charge >= 0.3 is 5.97 Å². The fraction of sp³-hybridized carbons (Fsp3) is 0.333. The third-order valence-corrected chi connectivity index (χ3v) is 4.29. The number of aliphatic carboxylic acids is 1. The topological polar surface area (TPSA) is 84.9 Å². The first-order valence-electron chi connectivity index (χ1n) is 8.76. The smallest absolute Gasteiger partial charge is 0.347 e. The van der Waals surface area contributed by atoms with Crippen LogP contribution in [0.4, 0.5) is 0 Å². The highest BCUT2D eigenvalue weighted by molar-refractivity contribution is 6.30. The third kappa shape index (κ3) is 5.89. The molecule has 0 heterocycles. The monoisotopic (exact) mass is 405 g/mol. The first-order chi connectivity index (χ1) is 13.1. The minimum absolute atomic E-state index is 0.0999. The van der Waals surface area contributed by atoms with Gasteiger partial charge in [0.2, 0.25) is 0 Å². The van der Waals surface area contributed by atoms with Gasteiger partial charge in [0, 0.05) is 11.6 Å². The second kappa shape index (κ2) is 8.97. The summed E-state index contributed by atoms with van der Waals surface area (Å²) in [5.74, 6) is -0.197. The maximum atomic E-state index is 12.1. The van der Waals surface area contributed by atoms with Crippen LogP contribution < -0.4 is 14.8 Å². The van der Waals surface area contributed by atoms with Crippen LogP contribution in [0, 0.1) is 13.8 Å². The van der Waals surface area contributed by atoms with E-state index in [1.807, 2.05) is 13.8 Å². The molecule has 0 radical (unpaired) electrons. The van der Waals surface area contributed by atoms with Crippen molar-refractivity contribution in [3.05, 3.63) is 58.1 Å². The molecule has 1 amide bonds. The Morgan fingerprint density at radius 3 is 2.21 bits per heavy atom. The second-order valence-corrected chi connectivity index (χ2v) is 7.43. The van der Waals surface area contributed by atoms with E-state index < -0.39 is 11.6 Å². The lowest BCUT2D eigenvalue weighted by Gasteiger charge is -2.21. The van der Waals surface area contributed by atoms with Gasteiger partial charge in [-0.25, -0.2) is 4.79 Å². The highest BCUT2D eigenvalue weighted by atomic mass is 35.5. The molecule has 0 spiro atoms. The van der Waals surface area contributed by atoms with Gasteiger partial charge in [-0.05, 0) is 68.7 Å². The Kier molecular flexibility index (Phi) is 6.91. The van der Waals surface area contributed by atoms with Gasteiger partial charge in [-0.3, -0.25) is 4.79 Å². The van der Waals surface area contributed by atoms with E-state index >= 15 is 0 Å². The first kappa shape index (κ1) is 21.6. The van der Waals surface area contributed by atoms with E-state index in [4.69, 9.17) is 26.2 Å². The quantitative estimate of drug-likeness (QED) is 0.695. The Bertz CT molecular complexity index is 839. The molecule has 28 heavy (non-hydrogen) atoms. The number of benzene rings is 2. The number of carbonyl (C=O) groups is 2. The van der Waals surface area contributed by atoms with E-state index in [0.717, 1.165) is 16.7 Å². The minimum atomic E-state index is -1.31. The fourth-order valence-corrected chi connectivity index (χ4v) is 2.86. The zero-order valence-corrected chi connectivity index (χ0v) is 17.1. The van der Waals surface area contributed by atoms with E-state index in [1.54, 1.807) is 36.4 Å². The van der Waals surface area contributed by atoms with Crippen LogP contribution >= 0.6 is 11.6 Å². The van der Waals surface area contributed by atoms with Crippen LogP contribution in [0.15, 0.2) is 36.4 Å². The van der Waals surface area contributed by atoms with Crippen LogP contribution in [0.1, 0.15) is 30.5 Å². The summed E-state index contributed by atoms with van der Waals surface area (Å²) in [4.78, 5) is 23.2. The molecule has 0 bridgehead atoms. The lowest BCUT2D eigenvalue weighted by molar-refractivity contribution is -0.152. The Morgan fingerprint density at radius 2 is 1.68 bits per heavy atom. The van der Waals surface area contributed by atoms with Gasteiger partial charge < -0.3 is 19.9 Å². The highest BCUT2D eigenvalue weighted by Gasteiger charge is 2.29. The van der Waals surface area contributed by atoms with Crippen LogP contribution in [-0.4, -0.2) is 29.2 Å². The summed E-state index contributed by atoms with van der Waals surface area (Å²) in [6, 6.07) is 10.4. The number of hydrogen-bond acceptors (Lipinski definition) is 4. The molecule has 0 atom stereocenters. The summed E-state index contributed by atoms with van der Waals surface area (Å²) in [6.07, 6.45) is 0. The predicted molar refractivity (Wildman–Crippen MR) is 107 cm³/mol. The van der Waals surface area contributed by atoms with Gasteiger partial charge in [0.1, 0.15) is 11.5 Å². The molecule has 0 aliphatic carbocycles. The van der Waals surface area contributed by atoms with Gasteiger partial charge in [-0.1, -0.05) is 23.7 Å². The summed E-state index contributed by atoms with van der Waals surface area (Å²) in [5.41, 5.74) is 1.29. The summed E-state index contributed by atoms with van der Waals surface area (Å²) >= 11 is 5.99. The highest BCUT2D eigenvalue weighted by Crippen LogP contribution is 2.27. The standard InChI is InChI=1S/C21H24ClNO5/c1-13-9-16(22)10-14(2)19(13)27-12-18(24)23-11-15-5-7-17(8-6-15)28-21(3,4)20(25)26/h5-10H,11-12H2,1-4H3,(H,23,24)(H,25,26). The second-order valence-electron chi connectivity index (χ2n) is 7.00. The van der Waals surface area contributed by atoms with Crippen molar-refractivity contribution in [3.63, 3.8) is 0 Å². The molecule has 0 fully saturated rings. The summed E-state index contributed by atoms with van der Waals surface area (Å²) in [7, 11) is 0. The largest absolute Gasteiger partial charge is 0.483 e. The molecule has 2 aromatic carbocycles. The van der Waals surface area contributed by atoms with E-state index in [-0.39, 0.29) is 12.5 Å². The predicted octanol–water partition coefficient (Wildman–Crippen LogP) is 3.89. The van der Waals surface area contributed by atoms with Gasteiger partial charge in [-0.15, -0.1) is 0 Å². The molecule has 0 saturated heterocycles. The number of rotatable bonds is 8. The Morgan fingerprint density at radius 1 is 1.11 bits per heavy atom. The van der Waals surface area contributed by atoms with Gasteiger partial charge in [0.05, 0.1) is 0 Å². The van der Waals surface area contributed by atoms with Crippen LogP contribution in [0.25, 0.3) is 0 Å². The van der Waals surface area contributed by atoms with Crippen molar-refractivity contribution in [1.82, 2.24) is 5.32 Å². The van der Waals surface area contributed by atoms with E-state index in [9.17, 15) is 9.59 Å². The van der Waals surface area contributed by atoms with Crippen LogP contribution in [0.5, 0.6) is 11.5 Å². The lowest BCUT2D eigenvalue weighted by Crippen LogP contribution is -2.37. The number of amides is 1. The Balaban J connectivity index is 1.85. The van der Waals surface area contributed by atoms with E-state index in [1.165, 1.54) is 13.8 Å². The number of halogens is 1. The van der Waals surface area contributed by atoms with Crippen molar-refractivity contribution in [2.75, 3.05) is 6.61 Å². The first-order valence-corrected chi connectivity index (χ1v) is 9.14. The number of ether oxygens (including phenoxy) is 2. The zero-order valence-electron chi connectivity index (χ0n) is 16.3. The number of carboxylic acids is 1. The molecule has 2 aromatic rings. The Labute approximate surface area is 169 Å². The molecular formula is C21H24ClNO5. The van der Waals surface area contributed by atoms with Crippen molar-refractivity contribution in [1.29, 1.82) is 0 Å². The van der Waals surface area contributed by atoms with Gasteiger partial charge in [-0.2, -0.15) is 0 Å². The van der Waals surface area contributed by atoms with Crippen LogP contribution in [0.2, 0.25) is 5.02 Å². The molecule has 6 nitrogen and oxygen atoms in total. The third-order valence-electron chi connectivity index (χ3n) is 4.07. The average Bonchev–Trinajstić information content (AvgIpc) is 2.59. The molecule has 0 aliphatic heterocycles. The maximum Gasteiger partial charge on any atom is 0.347 e. The van der Waals surface area contributed by atoms with E-state index in [2.05, 4.69) is 5.32 Å². The molecule has 0 aliphatic rings. The normalized spacial score (nSPS) is 11.0. The van der Waals surface area contributed by atoms with Crippen molar-refractivity contribution >= 4 is 23.5 Å². The Hall–Kier alpha value is -2.73. The molecular weight excluding hydrogens is 382 g/mol. The number of carbonyl (C=O) groups excluding carboxylic acids is 1. The van der Waals surface area contributed by atoms with Crippen molar-refractivity contribution in [3.8, 4) is 11.5 Å². The number of aryl methyl sites for hydroxylation is 2. The summed E-state index contributed by atoms with van der Waals surface area (Å²) in [6.45, 7) is 6.94. The zero-order chi connectivity index (χ0) is 20.9.